The van der Waals surface area contributed by atoms with E-state index in [-0.39, 0.29) is 12.6 Å². The molecule has 0 aromatic heterocycles. The first-order valence-electron chi connectivity index (χ1n) is 6.88. The molecule has 0 saturated carbocycles. The number of nitrogens with zero attached hydrogens (tertiary/aromatic N) is 2. The van der Waals surface area contributed by atoms with E-state index in [0.29, 0.717) is 11.6 Å². The van der Waals surface area contributed by atoms with E-state index in [1.807, 2.05) is 23.1 Å². The Labute approximate surface area is 128 Å². The molecule has 1 aromatic carbocycles. The van der Waals surface area contributed by atoms with Crippen molar-refractivity contribution in [3.8, 4) is 0 Å². The smallest absolute Gasteiger partial charge is 0.188 e. The molecule has 0 aliphatic carbocycles. The fourth-order valence-corrected chi connectivity index (χ4v) is 2.52. The number of alkyl halides is 1. The third-order valence-corrected chi connectivity index (χ3v) is 3.85. The predicted molar refractivity (Wildman–Crippen MR) is 82.8 cm³/mol. The van der Waals surface area contributed by atoms with Gasteiger partial charge in [0.25, 0.3) is 0 Å². The van der Waals surface area contributed by atoms with Gasteiger partial charge in [0.1, 0.15) is 6.67 Å². The van der Waals surface area contributed by atoms with Gasteiger partial charge in [0.05, 0.1) is 13.2 Å². The van der Waals surface area contributed by atoms with Gasteiger partial charge in [-0.2, -0.15) is 0 Å². The van der Waals surface area contributed by atoms with Crippen LogP contribution in [0, 0.1) is 5.41 Å². The molecule has 1 aliphatic rings. The number of hydrogen-bond donors (Lipinski definition) is 2. The lowest BCUT2D eigenvalue weighted by atomic mass is 10.2. The summed E-state index contributed by atoms with van der Waals surface area (Å²) in [6, 6.07) is 5.80. The van der Waals surface area contributed by atoms with Crippen molar-refractivity contribution >= 4 is 23.2 Å². The molecule has 0 bridgehead atoms. The highest BCUT2D eigenvalue weighted by molar-refractivity contribution is 6.31. The minimum Gasteiger partial charge on any atom is -0.374 e. The summed E-state index contributed by atoms with van der Waals surface area (Å²) in [4.78, 5) is 4.05. The molecule has 5 nitrogen and oxygen atoms in total. The van der Waals surface area contributed by atoms with Crippen LogP contribution in [-0.4, -0.2) is 50.3 Å². The second kappa shape index (κ2) is 7.47. The average molecular weight is 315 g/mol. The van der Waals surface area contributed by atoms with E-state index in [0.717, 1.165) is 37.4 Å². The number of nitrogens with one attached hydrogen (secondary N) is 1. The van der Waals surface area contributed by atoms with E-state index in [1.165, 1.54) is 0 Å². The normalized spacial score (nSPS) is 15.3. The summed E-state index contributed by atoms with van der Waals surface area (Å²) in [5.74, 6) is 0.119. The van der Waals surface area contributed by atoms with Crippen molar-refractivity contribution in [3.05, 3.63) is 28.8 Å². The SMILES string of the molecule is N=C(N)N1CCN(c2ccc(COCCF)c(Cl)c2)CC1. The first-order chi connectivity index (χ1) is 10.1. The number of ether oxygens (including phenoxy) is 1. The average Bonchev–Trinajstić information content (AvgIpc) is 2.49. The molecule has 1 aromatic rings. The van der Waals surface area contributed by atoms with Crippen LogP contribution >= 0.6 is 11.6 Å². The molecule has 1 fully saturated rings. The molecule has 0 unspecified atom stereocenters. The highest BCUT2D eigenvalue weighted by Crippen LogP contribution is 2.25. The summed E-state index contributed by atoms with van der Waals surface area (Å²) in [7, 11) is 0. The van der Waals surface area contributed by atoms with Crippen LogP contribution in [0.2, 0.25) is 5.02 Å². The molecule has 1 saturated heterocycles. The molecule has 0 radical (unpaired) electrons. The highest BCUT2D eigenvalue weighted by Gasteiger charge is 2.18. The van der Waals surface area contributed by atoms with Crippen LogP contribution in [0.4, 0.5) is 10.1 Å². The van der Waals surface area contributed by atoms with Crippen molar-refractivity contribution < 1.29 is 9.13 Å². The van der Waals surface area contributed by atoms with E-state index in [1.54, 1.807) is 0 Å². The molecule has 116 valence electrons. The lowest BCUT2D eigenvalue weighted by Gasteiger charge is -2.36. The second-order valence-corrected chi connectivity index (χ2v) is 5.28. The Morgan fingerprint density at radius 1 is 1.33 bits per heavy atom. The summed E-state index contributed by atoms with van der Waals surface area (Å²) < 4.78 is 17.2. The van der Waals surface area contributed by atoms with Gasteiger partial charge in [-0.05, 0) is 17.7 Å². The molecular weight excluding hydrogens is 295 g/mol. The van der Waals surface area contributed by atoms with Crippen LogP contribution in [0.15, 0.2) is 18.2 Å². The molecule has 0 spiro atoms. The monoisotopic (exact) mass is 314 g/mol. The molecule has 1 aliphatic heterocycles. The van der Waals surface area contributed by atoms with Gasteiger partial charge in [-0.15, -0.1) is 0 Å². The van der Waals surface area contributed by atoms with E-state index in [2.05, 4.69) is 4.90 Å². The lowest BCUT2D eigenvalue weighted by molar-refractivity contribution is 0.106. The maximum atomic E-state index is 12.0. The number of hydrogen-bond acceptors (Lipinski definition) is 3. The third kappa shape index (κ3) is 4.22. The van der Waals surface area contributed by atoms with E-state index in [4.69, 9.17) is 27.5 Å². The van der Waals surface area contributed by atoms with E-state index >= 15 is 0 Å². The molecule has 0 amide bonds. The Balaban J connectivity index is 1.95. The molecule has 0 atom stereocenters. The maximum absolute atomic E-state index is 12.0. The molecule has 1 heterocycles. The molecule has 21 heavy (non-hydrogen) atoms. The predicted octanol–water partition coefficient (Wildman–Crippen LogP) is 1.84. The van der Waals surface area contributed by atoms with Gasteiger partial charge in [0.2, 0.25) is 0 Å². The number of benzene rings is 1. The van der Waals surface area contributed by atoms with E-state index < -0.39 is 6.67 Å². The summed E-state index contributed by atoms with van der Waals surface area (Å²) in [6.07, 6.45) is 0. The molecule has 2 rings (SSSR count). The quantitative estimate of drug-likeness (QED) is 0.494. The molecular formula is C14H20ClFN4O. The maximum Gasteiger partial charge on any atom is 0.188 e. The van der Waals surface area contributed by atoms with Crippen LogP contribution in [0.3, 0.4) is 0 Å². The van der Waals surface area contributed by atoms with Crippen LogP contribution in [0.25, 0.3) is 0 Å². The Morgan fingerprint density at radius 2 is 2.05 bits per heavy atom. The van der Waals surface area contributed by atoms with Crippen molar-refractivity contribution in [1.29, 1.82) is 5.41 Å². The summed E-state index contributed by atoms with van der Waals surface area (Å²) in [6.45, 7) is 2.98. The van der Waals surface area contributed by atoms with E-state index in [9.17, 15) is 4.39 Å². The zero-order valence-electron chi connectivity index (χ0n) is 11.8. The van der Waals surface area contributed by atoms with Gasteiger partial charge in [-0.1, -0.05) is 17.7 Å². The number of anilines is 1. The zero-order chi connectivity index (χ0) is 15.2. The Bertz CT molecular complexity index is 492. The largest absolute Gasteiger partial charge is 0.374 e. The minimum atomic E-state index is -0.490. The van der Waals surface area contributed by atoms with Gasteiger partial charge in [0, 0.05) is 36.9 Å². The summed E-state index contributed by atoms with van der Waals surface area (Å²) in [5.41, 5.74) is 7.38. The first kappa shape index (κ1) is 15.9. The van der Waals surface area contributed by atoms with Crippen LogP contribution < -0.4 is 10.6 Å². The van der Waals surface area contributed by atoms with Crippen LogP contribution in [0.5, 0.6) is 0 Å². The zero-order valence-corrected chi connectivity index (χ0v) is 12.6. The topological polar surface area (TPSA) is 65.6 Å². The highest BCUT2D eigenvalue weighted by atomic mass is 35.5. The van der Waals surface area contributed by atoms with Crippen molar-refractivity contribution in [1.82, 2.24) is 4.90 Å². The summed E-state index contributed by atoms with van der Waals surface area (Å²) >= 11 is 6.24. The number of halogens is 2. The molecule has 3 N–H and O–H groups in total. The fourth-order valence-electron chi connectivity index (χ4n) is 2.29. The van der Waals surface area contributed by atoms with Gasteiger partial charge >= 0.3 is 0 Å². The van der Waals surface area contributed by atoms with Gasteiger partial charge < -0.3 is 20.3 Å². The minimum absolute atomic E-state index is 0.0884. The summed E-state index contributed by atoms with van der Waals surface area (Å²) in [5, 5.41) is 8.05. The number of guanidine groups is 1. The number of rotatable bonds is 5. The Kier molecular flexibility index (Phi) is 5.64. The van der Waals surface area contributed by atoms with Crippen LogP contribution in [0.1, 0.15) is 5.56 Å². The van der Waals surface area contributed by atoms with Gasteiger partial charge in [-0.3, -0.25) is 5.41 Å². The fraction of sp³-hybridized carbons (Fsp3) is 0.500. The second-order valence-electron chi connectivity index (χ2n) is 4.88. The standard InChI is InChI=1S/C14H20ClFN4O/c15-13-9-12(2-1-11(13)10-21-8-3-16)19-4-6-20(7-5-19)14(17)18/h1-2,9H,3-8,10H2,(H3,17,18). The Morgan fingerprint density at radius 3 is 2.62 bits per heavy atom. The van der Waals surface area contributed by atoms with Crippen molar-refractivity contribution in [2.45, 2.75) is 6.61 Å². The van der Waals surface area contributed by atoms with Crippen molar-refractivity contribution in [2.24, 2.45) is 5.73 Å². The third-order valence-electron chi connectivity index (χ3n) is 3.50. The van der Waals surface area contributed by atoms with Crippen molar-refractivity contribution in [3.63, 3.8) is 0 Å². The van der Waals surface area contributed by atoms with Gasteiger partial charge in [0.15, 0.2) is 5.96 Å². The van der Waals surface area contributed by atoms with Gasteiger partial charge in [-0.25, -0.2) is 4.39 Å². The van der Waals surface area contributed by atoms with Crippen LogP contribution in [-0.2, 0) is 11.3 Å². The van der Waals surface area contributed by atoms with Crippen molar-refractivity contribution in [2.75, 3.05) is 44.4 Å². The first-order valence-corrected chi connectivity index (χ1v) is 7.25. The number of nitrogens with two attached hydrogens (primary N) is 1. The lowest BCUT2D eigenvalue weighted by Crippen LogP contribution is -2.50. The molecule has 7 heteroatoms. The number of piperazine rings is 1. The Hall–Kier alpha value is -1.53.